The lowest BCUT2D eigenvalue weighted by molar-refractivity contribution is 0.0901. The highest BCUT2D eigenvalue weighted by molar-refractivity contribution is 5.93. The van der Waals surface area contributed by atoms with Crippen molar-refractivity contribution in [2.24, 2.45) is 5.92 Å². The van der Waals surface area contributed by atoms with Gasteiger partial charge in [0.25, 0.3) is 5.91 Å². The van der Waals surface area contributed by atoms with Crippen LogP contribution in [0.2, 0.25) is 0 Å². The highest BCUT2D eigenvalue weighted by Gasteiger charge is 2.32. The average molecular weight is 356 g/mol. The Morgan fingerprint density at radius 1 is 1.27 bits per heavy atom. The summed E-state index contributed by atoms with van der Waals surface area (Å²) in [4.78, 5) is 21.5. The van der Waals surface area contributed by atoms with Crippen molar-refractivity contribution in [1.82, 2.24) is 20.4 Å². The molecule has 0 unspecified atom stereocenters. The maximum Gasteiger partial charge on any atom is 0.270 e. The summed E-state index contributed by atoms with van der Waals surface area (Å²) in [5.41, 5.74) is 0.699. The van der Waals surface area contributed by atoms with Crippen LogP contribution < -0.4 is 10.1 Å². The molecule has 2 heterocycles. The van der Waals surface area contributed by atoms with Crippen LogP contribution in [0.4, 0.5) is 0 Å². The van der Waals surface area contributed by atoms with Gasteiger partial charge < -0.3 is 14.6 Å². The van der Waals surface area contributed by atoms with Crippen molar-refractivity contribution in [2.45, 2.75) is 57.9 Å². The van der Waals surface area contributed by atoms with Crippen LogP contribution in [-0.4, -0.2) is 27.6 Å². The van der Waals surface area contributed by atoms with Crippen LogP contribution in [0.25, 0.3) is 0 Å². The van der Waals surface area contributed by atoms with Gasteiger partial charge in [-0.1, -0.05) is 11.2 Å². The van der Waals surface area contributed by atoms with Crippen molar-refractivity contribution >= 4 is 5.91 Å². The van der Waals surface area contributed by atoms with E-state index in [1.165, 1.54) is 12.8 Å². The minimum Gasteiger partial charge on any atom is -0.477 e. The van der Waals surface area contributed by atoms with Crippen molar-refractivity contribution in [1.29, 1.82) is 0 Å². The minimum atomic E-state index is -0.763. The van der Waals surface area contributed by atoms with Crippen LogP contribution in [0.5, 0.6) is 5.88 Å². The first-order valence-electron chi connectivity index (χ1n) is 9.19. The van der Waals surface area contributed by atoms with Crippen molar-refractivity contribution in [3.05, 3.63) is 35.1 Å². The lowest BCUT2D eigenvalue weighted by atomic mass is 10.0. The molecule has 0 saturated heterocycles. The Bertz CT molecular complexity index is 822. The summed E-state index contributed by atoms with van der Waals surface area (Å²) >= 11 is 0. The molecule has 2 aromatic rings. The quantitative estimate of drug-likeness (QED) is 0.820. The minimum absolute atomic E-state index is 0.281. The van der Waals surface area contributed by atoms with E-state index in [1.807, 2.05) is 19.9 Å². The largest absolute Gasteiger partial charge is 0.477 e. The summed E-state index contributed by atoms with van der Waals surface area (Å²) in [6, 6.07) is 3.75. The molecule has 1 amide bonds. The summed E-state index contributed by atoms with van der Waals surface area (Å²) in [6.45, 7) is 6.07. The molecule has 2 aliphatic rings. The summed E-state index contributed by atoms with van der Waals surface area (Å²) in [5.74, 6) is 2.39. The van der Waals surface area contributed by atoms with E-state index in [4.69, 9.17) is 9.26 Å². The molecule has 7 nitrogen and oxygen atoms in total. The zero-order valence-electron chi connectivity index (χ0n) is 15.4. The molecule has 2 aliphatic carbocycles. The Morgan fingerprint density at radius 3 is 2.65 bits per heavy atom. The van der Waals surface area contributed by atoms with Gasteiger partial charge in [-0.2, -0.15) is 4.98 Å². The number of nitrogens with one attached hydrogen (secondary N) is 1. The number of aryl methyl sites for hydroxylation is 1. The predicted molar refractivity (Wildman–Crippen MR) is 94.0 cm³/mol. The van der Waals surface area contributed by atoms with Crippen LogP contribution in [-0.2, 0) is 5.54 Å². The van der Waals surface area contributed by atoms with Gasteiger partial charge in [-0.25, -0.2) is 4.98 Å². The number of carbonyl (C=O) groups is 1. The van der Waals surface area contributed by atoms with E-state index in [0.29, 0.717) is 41.7 Å². The second kappa shape index (κ2) is 6.37. The van der Waals surface area contributed by atoms with Crippen LogP contribution in [0, 0.1) is 12.8 Å². The number of aromatic nitrogens is 3. The Kier molecular flexibility index (Phi) is 4.17. The van der Waals surface area contributed by atoms with Gasteiger partial charge in [0.2, 0.25) is 11.8 Å². The number of hydrogen-bond donors (Lipinski definition) is 1. The molecule has 26 heavy (non-hydrogen) atoms. The van der Waals surface area contributed by atoms with Gasteiger partial charge in [0.05, 0.1) is 12.1 Å². The average Bonchev–Trinajstić information content (AvgIpc) is 3.51. The number of pyridine rings is 1. The van der Waals surface area contributed by atoms with Crippen molar-refractivity contribution in [3.63, 3.8) is 0 Å². The fourth-order valence-corrected chi connectivity index (χ4v) is 2.84. The number of ether oxygens (including phenoxy) is 1. The third kappa shape index (κ3) is 3.71. The number of nitrogens with zero attached hydrogens (tertiary/aromatic N) is 3. The van der Waals surface area contributed by atoms with E-state index in [2.05, 4.69) is 20.4 Å². The fraction of sp³-hybridized carbons (Fsp3) is 0.579. The molecule has 0 aliphatic heterocycles. The number of amides is 1. The molecular weight excluding hydrogens is 332 g/mol. The molecule has 0 radical (unpaired) electrons. The second-order valence-electron chi connectivity index (χ2n) is 7.84. The number of rotatable bonds is 7. The van der Waals surface area contributed by atoms with Gasteiger partial charge in [0.15, 0.2) is 5.82 Å². The van der Waals surface area contributed by atoms with Crippen molar-refractivity contribution in [3.8, 4) is 5.88 Å². The molecular formula is C19H24N4O3. The molecule has 4 rings (SSSR count). The van der Waals surface area contributed by atoms with E-state index in [9.17, 15) is 4.79 Å². The van der Waals surface area contributed by atoms with E-state index >= 15 is 0 Å². The lowest BCUT2D eigenvalue weighted by Gasteiger charge is -2.22. The molecule has 0 aromatic carbocycles. The topological polar surface area (TPSA) is 90.1 Å². The van der Waals surface area contributed by atoms with Gasteiger partial charge in [-0.05, 0) is 57.4 Å². The van der Waals surface area contributed by atoms with E-state index in [0.717, 1.165) is 18.4 Å². The maximum absolute atomic E-state index is 12.7. The zero-order chi connectivity index (χ0) is 18.3. The summed E-state index contributed by atoms with van der Waals surface area (Å²) in [6.07, 6.45) is 4.77. The molecule has 2 aromatic heterocycles. The van der Waals surface area contributed by atoms with Crippen molar-refractivity contribution < 1.29 is 14.1 Å². The van der Waals surface area contributed by atoms with E-state index < -0.39 is 5.54 Å². The lowest BCUT2D eigenvalue weighted by Crippen LogP contribution is -2.42. The Morgan fingerprint density at radius 2 is 2.04 bits per heavy atom. The molecule has 0 spiro atoms. The smallest absolute Gasteiger partial charge is 0.270 e. The zero-order valence-corrected chi connectivity index (χ0v) is 15.4. The normalized spacial score (nSPS) is 17.2. The highest BCUT2D eigenvalue weighted by Crippen LogP contribution is 2.44. The molecule has 1 N–H and O–H groups in total. The van der Waals surface area contributed by atoms with Gasteiger partial charge in [-0.15, -0.1) is 0 Å². The van der Waals surface area contributed by atoms with Crippen LogP contribution in [0.15, 0.2) is 16.7 Å². The molecule has 0 atom stereocenters. The number of hydrogen-bond acceptors (Lipinski definition) is 6. The summed E-state index contributed by atoms with van der Waals surface area (Å²) in [7, 11) is 0. The standard InChI is InChI=1S/C19H24N4O3/c1-11-20-18(23-26-11)19(2,3)22-16(24)15-9-8-14(13-6-7-13)17(21-15)25-10-12-4-5-12/h8-9,12-13H,4-7,10H2,1-3H3,(H,22,24). The van der Waals surface area contributed by atoms with Gasteiger partial charge >= 0.3 is 0 Å². The van der Waals surface area contributed by atoms with Crippen LogP contribution in [0.1, 0.15) is 73.2 Å². The van der Waals surface area contributed by atoms with Gasteiger partial charge in [0.1, 0.15) is 5.69 Å². The first kappa shape index (κ1) is 17.0. The predicted octanol–water partition coefficient (Wildman–Crippen LogP) is 3.10. The number of carbonyl (C=O) groups excluding carboxylic acids is 1. The van der Waals surface area contributed by atoms with E-state index in [-0.39, 0.29) is 5.91 Å². The van der Waals surface area contributed by atoms with Gasteiger partial charge in [0, 0.05) is 12.5 Å². The maximum atomic E-state index is 12.7. The molecule has 2 fully saturated rings. The molecule has 7 heteroatoms. The first-order chi connectivity index (χ1) is 12.4. The van der Waals surface area contributed by atoms with E-state index in [1.54, 1.807) is 13.0 Å². The van der Waals surface area contributed by atoms with Crippen LogP contribution in [0.3, 0.4) is 0 Å². The SMILES string of the molecule is Cc1nc(C(C)(C)NC(=O)c2ccc(C3CC3)c(OCC3CC3)n2)no1. The summed E-state index contributed by atoms with van der Waals surface area (Å²) < 4.78 is 11.0. The molecule has 2 saturated carbocycles. The third-order valence-corrected chi connectivity index (χ3v) is 4.80. The Labute approximate surface area is 152 Å². The monoisotopic (exact) mass is 356 g/mol. The van der Waals surface area contributed by atoms with Gasteiger partial charge in [-0.3, -0.25) is 4.79 Å². The first-order valence-corrected chi connectivity index (χ1v) is 9.19. The molecule has 138 valence electrons. The second-order valence-corrected chi connectivity index (χ2v) is 7.84. The Hall–Kier alpha value is -2.44. The van der Waals surface area contributed by atoms with Crippen LogP contribution >= 0.6 is 0 Å². The Balaban J connectivity index is 1.52. The third-order valence-electron chi connectivity index (χ3n) is 4.80. The van der Waals surface area contributed by atoms with Crippen molar-refractivity contribution in [2.75, 3.05) is 6.61 Å². The summed E-state index contributed by atoms with van der Waals surface area (Å²) in [5, 5.41) is 6.84. The fourth-order valence-electron chi connectivity index (χ4n) is 2.84. The highest BCUT2D eigenvalue weighted by atomic mass is 16.5. The molecule has 0 bridgehead atoms.